The second-order valence-electron chi connectivity index (χ2n) is 9.82. The Morgan fingerprint density at radius 2 is 1.76 bits per heavy atom. The van der Waals surface area contributed by atoms with Crippen LogP contribution in [0.1, 0.15) is 31.9 Å². The third-order valence-corrected chi connectivity index (χ3v) is 7.08. The summed E-state index contributed by atoms with van der Waals surface area (Å²) in [4.78, 5) is 43.9. The van der Waals surface area contributed by atoms with E-state index in [1.54, 1.807) is 26.9 Å². The Hall–Kier alpha value is -3.59. The summed E-state index contributed by atoms with van der Waals surface area (Å²) in [5, 5.41) is 6.43. The summed E-state index contributed by atoms with van der Waals surface area (Å²) in [6.45, 7) is 7.53. The number of hydrogen-bond donors (Lipinski definition) is 1. The third kappa shape index (κ3) is 5.72. The lowest BCUT2D eigenvalue weighted by atomic mass is 9.96. The Balaban J connectivity index is 1.57. The van der Waals surface area contributed by atoms with Crippen LogP contribution in [0.4, 0.5) is 4.79 Å². The highest BCUT2D eigenvalue weighted by molar-refractivity contribution is 5.91. The molecule has 2 aliphatic heterocycles. The Morgan fingerprint density at radius 3 is 2.38 bits per heavy atom. The number of ether oxygens (including phenoxy) is 1. The number of benzene rings is 2. The van der Waals surface area contributed by atoms with Crippen LogP contribution in [0.5, 0.6) is 5.75 Å². The molecular formula is C28H37N5O4. The molecule has 2 aliphatic rings. The number of likely N-dealkylation sites (N-methyl/N-ethyl adjacent to an activating group) is 1. The molecule has 0 saturated carbocycles. The van der Waals surface area contributed by atoms with E-state index in [0.717, 1.165) is 16.9 Å². The standard InChI is InChI=1S/C28H37N5O4/c1-5-31-19-25(34)32-24(33(31)28(36)29-17-22-9-7-6-8-10-22)18-30(27(35)26(32)20(2)3)16-15-21-11-13-23(37-4)14-12-21/h6-14,20,24,26H,5,15-19H2,1-4H3,(H,29,36)/t24-,26-/m0/s1. The minimum atomic E-state index is -0.620. The summed E-state index contributed by atoms with van der Waals surface area (Å²) in [6.07, 6.45) is 0.0942. The molecule has 37 heavy (non-hydrogen) atoms. The number of carbonyl (C=O) groups is 3. The van der Waals surface area contributed by atoms with Gasteiger partial charge in [-0.05, 0) is 35.6 Å². The molecule has 0 aromatic heterocycles. The van der Waals surface area contributed by atoms with Gasteiger partial charge in [0, 0.05) is 19.6 Å². The van der Waals surface area contributed by atoms with Crippen LogP contribution in [0, 0.1) is 5.92 Å². The van der Waals surface area contributed by atoms with E-state index in [1.165, 1.54) is 0 Å². The number of hydrazine groups is 1. The lowest BCUT2D eigenvalue weighted by Gasteiger charge is -2.55. The second kappa shape index (κ2) is 11.6. The smallest absolute Gasteiger partial charge is 0.334 e. The van der Waals surface area contributed by atoms with Crippen LogP contribution < -0.4 is 10.1 Å². The summed E-state index contributed by atoms with van der Waals surface area (Å²) in [7, 11) is 1.63. The predicted molar refractivity (Wildman–Crippen MR) is 140 cm³/mol. The third-order valence-electron chi connectivity index (χ3n) is 7.08. The second-order valence-corrected chi connectivity index (χ2v) is 9.82. The molecule has 0 bridgehead atoms. The molecule has 2 aromatic rings. The van der Waals surface area contributed by atoms with E-state index in [2.05, 4.69) is 5.32 Å². The van der Waals surface area contributed by atoms with E-state index < -0.39 is 12.2 Å². The quantitative estimate of drug-likeness (QED) is 0.594. The molecule has 2 fully saturated rings. The predicted octanol–water partition coefficient (Wildman–Crippen LogP) is 2.72. The van der Waals surface area contributed by atoms with Crippen LogP contribution in [0.15, 0.2) is 54.6 Å². The zero-order valence-electron chi connectivity index (χ0n) is 22.1. The van der Waals surface area contributed by atoms with Crippen molar-refractivity contribution in [2.75, 3.05) is 33.3 Å². The molecule has 0 aliphatic carbocycles. The highest BCUT2D eigenvalue weighted by Crippen LogP contribution is 2.30. The van der Waals surface area contributed by atoms with Crippen molar-refractivity contribution in [1.82, 2.24) is 25.1 Å². The molecule has 198 valence electrons. The van der Waals surface area contributed by atoms with Gasteiger partial charge in [-0.15, -0.1) is 0 Å². The lowest BCUT2D eigenvalue weighted by molar-refractivity contribution is -0.192. The van der Waals surface area contributed by atoms with Gasteiger partial charge >= 0.3 is 6.03 Å². The maximum Gasteiger partial charge on any atom is 0.334 e. The maximum atomic E-state index is 13.6. The number of nitrogens with zero attached hydrogens (tertiary/aromatic N) is 4. The topological polar surface area (TPSA) is 85.4 Å². The molecule has 9 nitrogen and oxygen atoms in total. The van der Waals surface area contributed by atoms with Gasteiger partial charge in [0.15, 0.2) is 0 Å². The fraction of sp³-hybridized carbons (Fsp3) is 0.464. The Kier molecular flexibility index (Phi) is 8.33. The fourth-order valence-corrected chi connectivity index (χ4v) is 5.13. The number of amides is 4. The normalized spacial score (nSPS) is 20.3. The zero-order chi connectivity index (χ0) is 26.5. The molecule has 2 atom stereocenters. The van der Waals surface area contributed by atoms with E-state index in [-0.39, 0.29) is 36.9 Å². The van der Waals surface area contributed by atoms with Gasteiger partial charge in [-0.1, -0.05) is 63.2 Å². The highest BCUT2D eigenvalue weighted by Gasteiger charge is 2.51. The number of hydrogen-bond acceptors (Lipinski definition) is 5. The van der Waals surface area contributed by atoms with Crippen molar-refractivity contribution < 1.29 is 19.1 Å². The van der Waals surface area contributed by atoms with Crippen LogP contribution in [-0.4, -0.2) is 83.2 Å². The molecule has 4 amide bonds. The SMILES string of the molecule is CCN1CC(=O)N2[C@@H](C(C)C)C(=O)N(CCc3ccc(OC)cc3)C[C@@H]2N1C(=O)NCc1ccccc1. The van der Waals surface area contributed by atoms with Crippen molar-refractivity contribution in [2.24, 2.45) is 5.92 Å². The number of urea groups is 1. The van der Waals surface area contributed by atoms with Crippen LogP contribution in [-0.2, 0) is 22.6 Å². The number of fused-ring (bicyclic) bond motifs is 1. The molecule has 2 saturated heterocycles. The highest BCUT2D eigenvalue weighted by atomic mass is 16.5. The molecule has 0 unspecified atom stereocenters. The molecule has 2 heterocycles. The van der Waals surface area contributed by atoms with E-state index in [1.807, 2.05) is 75.4 Å². The zero-order valence-corrected chi connectivity index (χ0v) is 22.1. The summed E-state index contributed by atoms with van der Waals surface area (Å²) >= 11 is 0. The van der Waals surface area contributed by atoms with Crippen molar-refractivity contribution in [1.29, 1.82) is 0 Å². The van der Waals surface area contributed by atoms with Gasteiger partial charge in [-0.25, -0.2) is 14.8 Å². The molecular weight excluding hydrogens is 470 g/mol. The van der Waals surface area contributed by atoms with Crippen molar-refractivity contribution in [3.63, 3.8) is 0 Å². The minimum Gasteiger partial charge on any atom is -0.497 e. The largest absolute Gasteiger partial charge is 0.497 e. The van der Waals surface area contributed by atoms with Crippen LogP contribution in [0.25, 0.3) is 0 Å². The van der Waals surface area contributed by atoms with Gasteiger partial charge in [-0.2, -0.15) is 0 Å². The van der Waals surface area contributed by atoms with Gasteiger partial charge in [0.25, 0.3) is 0 Å². The molecule has 4 rings (SSSR count). The summed E-state index contributed by atoms with van der Waals surface area (Å²) < 4.78 is 5.24. The Morgan fingerprint density at radius 1 is 1.05 bits per heavy atom. The molecule has 0 spiro atoms. The monoisotopic (exact) mass is 507 g/mol. The van der Waals surface area contributed by atoms with Crippen LogP contribution in [0.3, 0.4) is 0 Å². The van der Waals surface area contributed by atoms with Crippen molar-refractivity contribution >= 4 is 17.8 Å². The van der Waals surface area contributed by atoms with Crippen molar-refractivity contribution in [3.05, 3.63) is 65.7 Å². The van der Waals surface area contributed by atoms with Gasteiger partial charge in [0.2, 0.25) is 11.8 Å². The van der Waals surface area contributed by atoms with E-state index in [4.69, 9.17) is 4.74 Å². The first-order valence-electron chi connectivity index (χ1n) is 12.9. The van der Waals surface area contributed by atoms with Crippen molar-refractivity contribution in [3.8, 4) is 5.75 Å². The molecule has 1 N–H and O–H groups in total. The summed E-state index contributed by atoms with van der Waals surface area (Å²) in [6, 6.07) is 16.6. The molecule has 0 radical (unpaired) electrons. The molecule has 9 heteroatoms. The molecule has 2 aromatic carbocycles. The lowest BCUT2D eigenvalue weighted by Crippen LogP contribution is -2.77. The number of nitrogens with one attached hydrogen (secondary N) is 1. The number of methoxy groups -OCH3 is 1. The Labute approximate surface area is 218 Å². The van der Waals surface area contributed by atoms with E-state index in [9.17, 15) is 14.4 Å². The number of rotatable bonds is 8. The number of piperazine rings is 1. The van der Waals surface area contributed by atoms with E-state index in [0.29, 0.717) is 26.1 Å². The van der Waals surface area contributed by atoms with Gasteiger partial charge < -0.3 is 19.9 Å². The first-order valence-corrected chi connectivity index (χ1v) is 12.9. The Bertz CT molecular complexity index is 1090. The minimum absolute atomic E-state index is 0.0636. The summed E-state index contributed by atoms with van der Waals surface area (Å²) in [5.74, 6) is 0.500. The van der Waals surface area contributed by atoms with Gasteiger partial charge in [0.1, 0.15) is 18.0 Å². The van der Waals surface area contributed by atoms with Crippen LogP contribution >= 0.6 is 0 Å². The average molecular weight is 508 g/mol. The maximum absolute atomic E-state index is 13.6. The van der Waals surface area contributed by atoms with E-state index >= 15 is 0 Å². The van der Waals surface area contributed by atoms with Gasteiger partial charge in [-0.3, -0.25) is 9.59 Å². The van der Waals surface area contributed by atoms with Gasteiger partial charge in [0.05, 0.1) is 20.2 Å². The average Bonchev–Trinajstić information content (AvgIpc) is 2.91. The van der Waals surface area contributed by atoms with Crippen molar-refractivity contribution in [2.45, 2.75) is 45.9 Å². The first-order chi connectivity index (χ1) is 17.8. The first kappa shape index (κ1) is 26.5. The summed E-state index contributed by atoms with van der Waals surface area (Å²) in [5.41, 5.74) is 2.08. The fourth-order valence-electron chi connectivity index (χ4n) is 5.13. The number of carbonyl (C=O) groups excluding carboxylic acids is 3. The van der Waals surface area contributed by atoms with Crippen LogP contribution in [0.2, 0.25) is 0 Å².